The number of benzene rings is 1. The molecule has 1 aromatic carbocycles. The van der Waals surface area contributed by atoms with Gasteiger partial charge < -0.3 is 9.51 Å². The highest BCUT2D eigenvalue weighted by Gasteiger charge is 2.17. The minimum Gasteiger partial charge on any atom is -0.339 e. The number of aryl methyl sites for hydroxylation is 2. The van der Waals surface area contributed by atoms with Crippen molar-refractivity contribution in [2.24, 2.45) is 0 Å². The van der Waals surface area contributed by atoms with Crippen LogP contribution in [0.3, 0.4) is 0 Å². The zero-order valence-corrected chi connectivity index (χ0v) is 20.0. The number of nitrogens with one attached hydrogen (secondary N) is 1. The highest BCUT2D eigenvalue weighted by molar-refractivity contribution is 6.42. The molecule has 33 heavy (non-hydrogen) atoms. The van der Waals surface area contributed by atoms with Crippen molar-refractivity contribution in [3.8, 4) is 0 Å². The monoisotopic (exact) mass is 510 g/mol. The molecule has 0 unspecified atom stereocenters. The molecule has 0 bridgehead atoms. The van der Waals surface area contributed by atoms with Gasteiger partial charge in [-0.1, -0.05) is 47.8 Å². The molecule has 1 N–H and O–H groups in total. The maximum absolute atomic E-state index is 13.0. The number of fused-ring (bicyclic) bond motifs is 1. The first-order valence-corrected chi connectivity index (χ1v) is 11.6. The molecule has 0 aliphatic heterocycles. The number of aromatic nitrogens is 6. The van der Waals surface area contributed by atoms with Gasteiger partial charge in [0, 0.05) is 25.9 Å². The maximum Gasteiger partial charge on any atom is 0.332 e. The van der Waals surface area contributed by atoms with E-state index in [0.717, 1.165) is 18.4 Å². The number of aromatic amines is 1. The quantitative estimate of drug-likeness (QED) is 0.336. The van der Waals surface area contributed by atoms with Gasteiger partial charge in [-0.15, -0.1) is 0 Å². The topological polar surface area (TPSA) is 112 Å². The van der Waals surface area contributed by atoms with E-state index in [-0.39, 0.29) is 23.0 Å². The zero-order valence-electron chi connectivity index (χ0n) is 17.8. The van der Waals surface area contributed by atoms with Crippen molar-refractivity contribution in [3.63, 3.8) is 0 Å². The molecule has 9 nitrogen and oxygen atoms in total. The number of H-pyrrole nitrogens is 1. The van der Waals surface area contributed by atoms with E-state index < -0.39 is 11.2 Å². The van der Waals surface area contributed by atoms with Crippen molar-refractivity contribution in [3.05, 3.63) is 71.6 Å². The molecule has 4 rings (SSSR count). The van der Waals surface area contributed by atoms with Crippen LogP contribution >= 0.6 is 34.8 Å². The lowest BCUT2D eigenvalue weighted by molar-refractivity contribution is 0.367. The zero-order chi connectivity index (χ0) is 23.5. The molecule has 0 saturated heterocycles. The van der Waals surface area contributed by atoms with Crippen LogP contribution in [-0.4, -0.2) is 29.2 Å². The van der Waals surface area contributed by atoms with Crippen molar-refractivity contribution in [1.29, 1.82) is 0 Å². The van der Waals surface area contributed by atoms with Crippen molar-refractivity contribution in [2.45, 2.75) is 52.1 Å². The third kappa shape index (κ3) is 5.15. The Kier molecular flexibility index (Phi) is 7.21. The van der Waals surface area contributed by atoms with Crippen LogP contribution in [0.15, 0.2) is 32.3 Å². The number of hydrogen-bond acceptors (Lipinski definition) is 6. The second kappa shape index (κ2) is 10.1. The Balaban J connectivity index is 1.47. The van der Waals surface area contributed by atoms with Crippen LogP contribution in [0.1, 0.15) is 43.5 Å². The Morgan fingerprint density at radius 3 is 2.58 bits per heavy atom. The molecule has 0 radical (unpaired) electrons. The van der Waals surface area contributed by atoms with Crippen molar-refractivity contribution < 1.29 is 4.52 Å². The summed E-state index contributed by atoms with van der Waals surface area (Å²) >= 11 is 17.9. The van der Waals surface area contributed by atoms with Gasteiger partial charge in [-0.05, 0) is 42.1 Å². The lowest BCUT2D eigenvalue weighted by Crippen LogP contribution is -2.40. The highest BCUT2D eigenvalue weighted by Crippen LogP contribution is 2.23. The summed E-state index contributed by atoms with van der Waals surface area (Å²) in [6.07, 6.45) is 3.00. The molecule has 0 atom stereocenters. The van der Waals surface area contributed by atoms with E-state index in [4.69, 9.17) is 39.3 Å². The third-order valence-electron chi connectivity index (χ3n) is 5.20. The molecule has 0 spiro atoms. The van der Waals surface area contributed by atoms with Gasteiger partial charge >= 0.3 is 5.69 Å². The van der Waals surface area contributed by atoms with Crippen LogP contribution in [0.2, 0.25) is 15.3 Å². The molecular weight excluding hydrogens is 491 g/mol. The van der Waals surface area contributed by atoms with Gasteiger partial charge in [-0.3, -0.25) is 13.9 Å². The fraction of sp³-hybridized carbons (Fsp3) is 0.381. The lowest BCUT2D eigenvalue weighted by atomic mass is 10.1. The van der Waals surface area contributed by atoms with E-state index in [9.17, 15) is 9.59 Å². The summed E-state index contributed by atoms with van der Waals surface area (Å²) in [5.41, 5.74) is 0.548. The number of imidazole rings is 1. The smallest absolute Gasteiger partial charge is 0.332 e. The standard InChI is InChI=1S/C21H21Cl3N6O3/c1-2-3-8-29-18-17(26-20(24)27-18)19(31)30(21(29)32)9-4-5-16-25-15(28-33-16)11-12-6-7-13(22)14(23)10-12/h6-7,10H,2-5,8-9,11H2,1H3,(H,26,27). The first kappa shape index (κ1) is 23.5. The minimum absolute atomic E-state index is 0.0739. The number of halogens is 3. The van der Waals surface area contributed by atoms with Crippen molar-refractivity contribution in [1.82, 2.24) is 29.2 Å². The van der Waals surface area contributed by atoms with E-state index in [0.29, 0.717) is 47.6 Å². The van der Waals surface area contributed by atoms with Crippen LogP contribution in [0.5, 0.6) is 0 Å². The molecule has 0 saturated carbocycles. The fourth-order valence-corrected chi connectivity index (χ4v) is 4.03. The lowest BCUT2D eigenvalue weighted by Gasteiger charge is -2.10. The Morgan fingerprint density at radius 2 is 1.82 bits per heavy atom. The number of unbranched alkanes of at least 4 members (excludes halogenated alkanes) is 1. The first-order valence-electron chi connectivity index (χ1n) is 10.5. The molecular formula is C21H21Cl3N6O3. The normalized spacial score (nSPS) is 11.5. The van der Waals surface area contributed by atoms with Gasteiger partial charge in [0.15, 0.2) is 17.0 Å². The Hall–Kier alpha value is -2.62. The predicted octanol–water partition coefficient (Wildman–Crippen LogP) is 4.25. The summed E-state index contributed by atoms with van der Waals surface area (Å²) in [5.74, 6) is 0.936. The Bertz CT molecular complexity index is 1400. The Labute approximate surface area is 203 Å². The number of nitrogens with zero attached hydrogens (tertiary/aromatic N) is 5. The molecule has 0 aliphatic carbocycles. The summed E-state index contributed by atoms with van der Waals surface area (Å²) in [7, 11) is 0. The van der Waals surface area contributed by atoms with Crippen LogP contribution < -0.4 is 11.2 Å². The minimum atomic E-state index is -0.451. The number of rotatable bonds is 9. The molecule has 0 aliphatic rings. The molecule has 4 aromatic rings. The van der Waals surface area contributed by atoms with E-state index in [1.54, 1.807) is 12.1 Å². The summed E-state index contributed by atoms with van der Waals surface area (Å²) in [4.78, 5) is 37.1. The van der Waals surface area contributed by atoms with E-state index >= 15 is 0 Å². The second-order valence-electron chi connectivity index (χ2n) is 7.60. The van der Waals surface area contributed by atoms with Crippen LogP contribution in [-0.2, 0) is 25.9 Å². The Morgan fingerprint density at radius 1 is 1.03 bits per heavy atom. The van der Waals surface area contributed by atoms with Crippen LogP contribution in [0.4, 0.5) is 0 Å². The first-order chi connectivity index (χ1) is 15.9. The van der Waals surface area contributed by atoms with Gasteiger partial charge in [0.1, 0.15) is 0 Å². The van der Waals surface area contributed by atoms with Crippen molar-refractivity contribution in [2.75, 3.05) is 0 Å². The summed E-state index contributed by atoms with van der Waals surface area (Å²) in [6, 6.07) is 5.32. The molecule has 0 fully saturated rings. The number of hydrogen-bond donors (Lipinski definition) is 1. The van der Waals surface area contributed by atoms with Crippen LogP contribution in [0, 0.1) is 0 Å². The van der Waals surface area contributed by atoms with Gasteiger partial charge in [0.2, 0.25) is 11.2 Å². The molecule has 174 valence electrons. The van der Waals surface area contributed by atoms with E-state index in [1.807, 2.05) is 13.0 Å². The average Bonchev–Trinajstić information content (AvgIpc) is 3.39. The second-order valence-corrected chi connectivity index (χ2v) is 8.78. The molecule has 12 heteroatoms. The fourth-order valence-electron chi connectivity index (χ4n) is 3.54. The van der Waals surface area contributed by atoms with E-state index in [1.165, 1.54) is 9.13 Å². The summed E-state index contributed by atoms with van der Waals surface area (Å²) in [5, 5.41) is 5.01. The van der Waals surface area contributed by atoms with Gasteiger partial charge in [-0.25, -0.2) is 4.79 Å². The van der Waals surface area contributed by atoms with E-state index in [2.05, 4.69) is 20.1 Å². The molecule has 3 heterocycles. The average molecular weight is 512 g/mol. The van der Waals surface area contributed by atoms with Crippen LogP contribution in [0.25, 0.3) is 11.2 Å². The summed E-state index contributed by atoms with van der Waals surface area (Å²) < 4.78 is 8.00. The van der Waals surface area contributed by atoms with Crippen molar-refractivity contribution >= 4 is 46.0 Å². The summed E-state index contributed by atoms with van der Waals surface area (Å²) in [6.45, 7) is 2.67. The molecule has 3 aromatic heterocycles. The predicted molar refractivity (Wildman–Crippen MR) is 126 cm³/mol. The van der Waals surface area contributed by atoms with Gasteiger partial charge in [0.05, 0.1) is 10.0 Å². The highest BCUT2D eigenvalue weighted by atomic mass is 35.5. The SMILES string of the molecule is CCCCn1c(=O)n(CCCc2nc(Cc3ccc(Cl)c(Cl)c3)no2)c(=O)c2[nH]c(Cl)nc21. The largest absolute Gasteiger partial charge is 0.339 e. The molecule has 0 amide bonds. The third-order valence-corrected chi connectivity index (χ3v) is 6.11. The van der Waals surface area contributed by atoms with Gasteiger partial charge in [-0.2, -0.15) is 9.97 Å². The maximum atomic E-state index is 13.0. The van der Waals surface area contributed by atoms with Gasteiger partial charge in [0.25, 0.3) is 5.56 Å².